The minimum atomic E-state index is 0.145. The summed E-state index contributed by atoms with van der Waals surface area (Å²) >= 11 is 0. The first-order chi connectivity index (χ1) is 7.18. The number of hydrogen-bond acceptors (Lipinski definition) is 3. The average molecular weight is 212 g/mol. The van der Waals surface area contributed by atoms with Crippen molar-refractivity contribution in [3.05, 3.63) is 0 Å². The Morgan fingerprint density at radius 1 is 1.60 bits per heavy atom. The van der Waals surface area contributed by atoms with Crippen LogP contribution >= 0.6 is 0 Å². The van der Waals surface area contributed by atoms with E-state index in [9.17, 15) is 4.79 Å². The molecule has 0 aromatic carbocycles. The van der Waals surface area contributed by atoms with Crippen molar-refractivity contribution in [2.75, 3.05) is 26.3 Å². The summed E-state index contributed by atoms with van der Waals surface area (Å²) in [4.78, 5) is 11.6. The molecule has 1 heterocycles. The molecule has 4 nitrogen and oxygen atoms in total. The Hall–Kier alpha value is -0.610. The van der Waals surface area contributed by atoms with Crippen molar-refractivity contribution in [1.82, 2.24) is 10.6 Å². The number of hydrogen-bond donors (Lipinski definition) is 2. The number of carbonyl (C=O) groups excluding carboxylic acids is 1. The van der Waals surface area contributed by atoms with Gasteiger partial charge in [-0.25, -0.2) is 0 Å². The maximum atomic E-state index is 11.6. The molecule has 0 aromatic heterocycles. The van der Waals surface area contributed by atoms with Gasteiger partial charge in [0.15, 0.2) is 0 Å². The summed E-state index contributed by atoms with van der Waals surface area (Å²) < 4.78 is 5.30. The lowest BCUT2D eigenvalue weighted by molar-refractivity contribution is -0.122. The van der Waals surface area contributed by atoms with E-state index in [1.807, 2.05) is 0 Å². The van der Waals surface area contributed by atoms with Crippen molar-refractivity contribution in [3.8, 4) is 0 Å². The van der Waals surface area contributed by atoms with Crippen molar-refractivity contribution in [2.24, 2.45) is 5.41 Å². The fourth-order valence-electron chi connectivity index (χ4n) is 1.75. The van der Waals surface area contributed by atoms with Gasteiger partial charge in [0.05, 0.1) is 13.2 Å². The standard InChI is InChI=1S/C11H20N2O2/c1-11(2-3-11)8-13-10(14)6-9-7-15-5-4-12-9/h9,12H,2-8H2,1H3,(H,13,14). The zero-order valence-corrected chi connectivity index (χ0v) is 9.34. The van der Waals surface area contributed by atoms with Crippen molar-refractivity contribution < 1.29 is 9.53 Å². The highest BCUT2D eigenvalue weighted by Gasteiger charge is 2.37. The molecule has 15 heavy (non-hydrogen) atoms. The van der Waals surface area contributed by atoms with Crippen LogP contribution in [0, 0.1) is 5.41 Å². The van der Waals surface area contributed by atoms with E-state index in [-0.39, 0.29) is 11.9 Å². The smallest absolute Gasteiger partial charge is 0.221 e. The predicted octanol–water partition coefficient (Wildman–Crippen LogP) is 0.281. The van der Waals surface area contributed by atoms with Crippen LogP contribution in [0.15, 0.2) is 0 Å². The molecular weight excluding hydrogens is 192 g/mol. The molecule has 2 aliphatic rings. The van der Waals surface area contributed by atoms with Gasteiger partial charge >= 0.3 is 0 Å². The van der Waals surface area contributed by atoms with Gasteiger partial charge in [0, 0.05) is 25.6 Å². The summed E-state index contributed by atoms with van der Waals surface area (Å²) in [7, 11) is 0. The third-order valence-electron chi connectivity index (χ3n) is 3.25. The fourth-order valence-corrected chi connectivity index (χ4v) is 1.75. The number of carbonyl (C=O) groups is 1. The van der Waals surface area contributed by atoms with Gasteiger partial charge in [-0.15, -0.1) is 0 Å². The molecule has 1 aliphatic carbocycles. The molecule has 0 spiro atoms. The van der Waals surface area contributed by atoms with Gasteiger partial charge in [-0.2, -0.15) is 0 Å². The molecule has 4 heteroatoms. The lowest BCUT2D eigenvalue weighted by Crippen LogP contribution is -2.44. The quantitative estimate of drug-likeness (QED) is 0.704. The third kappa shape index (κ3) is 3.47. The molecule has 1 amide bonds. The topological polar surface area (TPSA) is 50.4 Å². The average Bonchev–Trinajstić information content (AvgIpc) is 2.96. The minimum Gasteiger partial charge on any atom is -0.378 e. The molecule has 0 radical (unpaired) electrons. The second-order valence-electron chi connectivity index (χ2n) is 5.02. The van der Waals surface area contributed by atoms with Crippen LogP contribution in [-0.2, 0) is 9.53 Å². The van der Waals surface area contributed by atoms with Crippen LogP contribution in [0.3, 0.4) is 0 Å². The molecule has 0 aromatic rings. The normalized spacial score (nSPS) is 28.5. The zero-order chi connectivity index (χ0) is 10.7. The molecule has 0 bridgehead atoms. The Morgan fingerprint density at radius 2 is 2.40 bits per heavy atom. The molecule has 1 aliphatic heterocycles. The molecule has 1 atom stereocenters. The summed E-state index contributed by atoms with van der Waals surface area (Å²) in [5.41, 5.74) is 0.395. The first-order valence-corrected chi connectivity index (χ1v) is 5.76. The molecule has 1 unspecified atom stereocenters. The Labute approximate surface area is 90.8 Å². The summed E-state index contributed by atoms with van der Waals surface area (Å²) in [5.74, 6) is 0.145. The Balaban J connectivity index is 1.62. The minimum absolute atomic E-state index is 0.145. The van der Waals surface area contributed by atoms with Gasteiger partial charge in [-0.05, 0) is 18.3 Å². The third-order valence-corrected chi connectivity index (χ3v) is 3.25. The highest BCUT2D eigenvalue weighted by Crippen LogP contribution is 2.43. The SMILES string of the molecule is CC1(CNC(=O)CC2COCCN2)CC1. The summed E-state index contributed by atoms with van der Waals surface area (Å²) in [6.07, 6.45) is 3.03. The van der Waals surface area contributed by atoms with Crippen LogP contribution in [0.4, 0.5) is 0 Å². The molecular formula is C11H20N2O2. The van der Waals surface area contributed by atoms with Crippen molar-refractivity contribution >= 4 is 5.91 Å². The molecule has 1 saturated carbocycles. The van der Waals surface area contributed by atoms with E-state index < -0.39 is 0 Å². The van der Waals surface area contributed by atoms with E-state index in [2.05, 4.69) is 17.6 Å². The van der Waals surface area contributed by atoms with E-state index in [0.29, 0.717) is 18.4 Å². The van der Waals surface area contributed by atoms with Crippen LogP contribution in [0.5, 0.6) is 0 Å². The van der Waals surface area contributed by atoms with Gasteiger partial charge in [0.1, 0.15) is 0 Å². The Morgan fingerprint density at radius 3 is 3.00 bits per heavy atom. The summed E-state index contributed by atoms with van der Waals surface area (Å²) in [5, 5.41) is 6.27. The van der Waals surface area contributed by atoms with E-state index in [0.717, 1.165) is 19.7 Å². The maximum Gasteiger partial charge on any atom is 0.221 e. The van der Waals surface area contributed by atoms with Gasteiger partial charge in [0.25, 0.3) is 0 Å². The fraction of sp³-hybridized carbons (Fsp3) is 0.909. The second kappa shape index (κ2) is 4.49. The van der Waals surface area contributed by atoms with E-state index in [1.165, 1.54) is 12.8 Å². The van der Waals surface area contributed by atoms with Crippen LogP contribution in [0.25, 0.3) is 0 Å². The number of nitrogens with one attached hydrogen (secondary N) is 2. The lowest BCUT2D eigenvalue weighted by Gasteiger charge is -2.23. The van der Waals surface area contributed by atoms with Gasteiger partial charge in [-0.1, -0.05) is 6.92 Å². The van der Waals surface area contributed by atoms with E-state index >= 15 is 0 Å². The van der Waals surface area contributed by atoms with Crippen molar-refractivity contribution in [1.29, 1.82) is 0 Å². The largest absolute Gasteiger partial charge is 0.378 e. The van der Waals surface area contributed by atoms with Gasteiger partial charge in [0.2, 0.25) is 5.91 Å². The first kappa shape index (κ1) is 10.9. The summed E-state index contributed by atoms with van der Waals surface area (Å²) in [6.45, 7) is 5.32. The van der Waals surface area contributed by atoms with E-state index in [1.54, 1.807) is 0 Å². The molecule has 1 saturated heterocycles. The highest BCUT2D eigenvalue weighted by molar-refractivity contribution is 5.76. The van der Waals surface area contributed by atoms with Gasteiger partial charge < -0.3 is 15.4 Å². The summed E-state index contributed by atoms with van der Waals surface area (Å²) in [6, 6.07) is 0.200. The Bertz CT molecular complexity index is 233. The van der Waals surface area contributed by atoms with E-state index in [4.69, 9.17) is 4.74 Å². The second-order valence-corrected chi connectivity index (χ2v) is 5.02. The Kier molecular flexibility index (Phi) is 3.26. The van der Waals surface area contributed by atoms with Crippen molar-refractivity contribution in [3.63, 3.8) is 0 Å². The predicted molar refractivity (Wildman–Crippen MR) is 57.6 cm³/mol. The highest BCUT2D eigenvalue weighted by atomic mass is 16.5. The molecule has 2 fully saturated rings. The van der Waals surface area contributed by atoms with Crippen LogP contribution < -0.4 is 10.6 Å². The number of amides is 1. The first-order valence-electron chi connectivity index (χ1n) is 5.76. The van der Waals surface area contributed by atoms with Gasteiger partial charge in [-0.3, -0.25) is 4.79 Å². The number of ether oxygens (including phenoxy) is 1. The molecule has 2 N–H and O–H groups in total. The lowest BCUT2D eigenvalue weighted by atomic mass is 10.1. The number of rotatable bonds is 4. The van der Waals surface area contributed by atoms with Crippen LogP contribution in [-0.4, -0.2) is 38.3 Å². The zero-order valence-electron chi connectivity index (χ0n) is 9.34. The molecule has 86 valence electrons. The maximum absolute atomic E-state index is 11.6. The van der Waals surface area contributed by atoms with Crippen molar-refractivity contribution in [2.45, 2.75) is 32.2 Å². The number of morpholine rings is 1. The van der Waals surface area contributed by atoms with Crippen LogP contribution in [0.2, 0.25) is 0 Å². The van der Waals surface area contributed by atoms with Crippen LogP contribution in [0.1, 0.15) is 26.2 Å². The molecule has 2 rings (SSSR count). The monoisotopic (exact) mass is 212 g/mol.